The largest absolute Gasteiger partial charge is 0.380 e. The molecule has 2 N–H and O–H groups in total. The monoisotopic (exact) mass is 298 g/mol. The van der Waals surface area contributed by atoms with Gasteiger partial charge < -0.3 is 10.5 Å². The van der Waals surface area contributed by atoms with E-state index in [1.54, 1.807) is 0 Å². The summed E-state index contributed by atoms with van der Waals surface area (Å²) in [6.07, 6.45) is 7.53. The summed E-state index contributed by atoms with van der Waals surface area (Å²) in [5.41, 5.74) is 6.44. The van der Waals surface area contributed by atoms with Gasteiger partial charge in [-0.3, -0.25) is 4.90 Å². The first-order valence-electron chi connectivity index (χ1n) is 9.07. The summed E-state index contributed by atoms with van der Waals surface area (Å²) in [7, 11) is 0. The summed E-state index contributed by atoms with van der Waals surface area (Å²) in [6.45, 7) is 13.9. The molecule has 0 atom stereocenters. The summed E-state index contributed by atoms with van der Waals surface area (Å²) in [6, 6.07) is 0. The minimum atomic E-state index is 0.240. The van der Waals surface area contributed by atoms with Crippen LogP contribution in [-0.2, 0) is 4.74 Å². The Kier molecular flexibility index (Phi) is 8.84. The van der Waals surface area contributed by atoms with Gasteiger partial charge in [0.25, 0.3) is 0 Å². The highest BCUT2D eigenvalue weighted by Crippen LogP contribution is 2.35. The topological polar surface area (TPSA) is 38.5 Å². The molecule has 21 heavy (non-hydrogen) atoms. The zero-order chi connectivity index (χ0) is 15.7. The molecular weight excluding hydrogens is 260 g/mol. The number of hydrogen-bond acceptors (Lipinski definition) is 3. The average Bonchev–Trinajstić information content (AvgIpc) is 2.47. The minimum Gasteiger partial charge on any atom is -0.380 e. The van der Waals surface area contributed by atoms with E-state index in [-0.39, 0.29) is 5.54 Å². The maximum atomic E-state index is 6.20. The van der Waals surface area contributed by atoms with Crippen LogP contribution >= 0.6 is 0 Å². The first-order valence-corrected chi connectivity index (χ1v) is 9.07. The predicted octanol–water partition coefficient (Wildman–Crippen LogP) is 3.67. The van der Waals surface area contributed by atoms with Gasteiger partial charge in [-0.25, -0.2) is 0 Å². The molecule has 1 fully saturated rings. The van der Waals surface area contributed by atoms with Gasteiger partial charge in [-0.2, -0.15) is 0 Å². The van der Waals surface area contributed by atoms with Crippen LogP contribution in [0.25, 0.3) is 0 Å². The van der Waals surface area contributed by atoms with Gasteiger partial charge in [-0.1, -0.05) is 27.7 Å². The molecule has 0 aromatic rings. The van der Waals surface area contributed by atoms with Crippen molar-refractivity contribution in [2.75, 3.05) is 32.8 Å². The molecule has 0 radical (unpaired) electrons. The first-order chi connectivity index (χ1) is 10.0. The van der Waals surface area contributed by atoms with E-state index in [2.05, 4.69) is 32.6 Å². The van der Waals surface area contributed by atoms with Crippen LogP contribution in [0.4, 0.5) is 0 Å². The van der Waals surface area contributed by atoms with Gasteiger partial charge in [0.05, 0.1) is 6.61 Å². The zero-order valence-electron chi connectivity index (χ0n) is 14.9. The van der Waals surface area contributed by atoms with E-state index < -0.39 is 0 Å². The van der Waals surface area contributed by atoms with Gasteiger partial charge >= 0.3 is 0 Å². The van der Waals surface area contributed by atoms with Gasteiger partial charge in [-0.15, -0.1) is 0 Å². The average molecular weight is 299 g/mol. The summed E-state index contributed by atoms with van der Waals surface area (Å²) < 4.78 is 5.84. The fraction of sp³-hybridized carbons (Fsp3) is 1.00. The molecule has 0 spiro atoms. The van der Waals surface area contributed by atoms with Gasteiger partial charge in [0.2, 0.25) is 0 Å². The first kappa shape index (κ1) is 18.9. The molecular formula is C18H38N2O. The molecule has 0 amide bonds. The fourth-order valence-corrected chi connectivity index (χ4v) is 3.40. The minimum absolute atomic E-state index is 0.240. The third-order valence-corrected chi connectivity index (χ3v) is 5.09. The SMILES string of the molecule is CCCN(CCOCCC(C)C)C1(CN)CCC(C)CC1. The summed E-state index contributed by atoms with van der Waals surface area (Å²) in [5.74, 6) is 1.60. The smallest absolute Gasteiger partial charge is 0.0593 e. The van der Waals surface area contributed by atoms with Crippen LogP contribution in [-0.4, -0.2) is 43.3 Å². The molecule has 0 bridgehead atoms. The Morgan fingerprint density at radius 2 is 1.86 bits per heavy atom. The van der Waals surface area contributed by atoms with Gasteiger partial charge in [0, 0.05) is 25.2 Å². The Bertz CT molecular complexity index is 260. The third kappa shape index (κ3) is 6.25. The van der Waals surface area contributed by atoms with Crippen molar-refractivity contribution in [3.63, 3.8) is 0 Å². The molecule has 0 unspecified atom stereocenters. The Labute approximate surface area is 132 Å². The second-order valence-corrected chi connectivity index (χ2v) is 7.39. The lowest BCUT2D eigenvalue weighted by Gasteiger charge is -2.47. The Hall–Kier alpha value is -0.120. The Balaban J connectivity index is 2.46. The van der Waals surface area contributed by atoms with E-state index in [1.165, 1.54) is 32.1 Å². The lowest BCUT2D eigenvalue weighted by Crippen LogP contribution is -2.56. The molecule has 1 aliphatic rings. The summed E-state index contributed by atoms with van der Waals surface area (Å²) in [5, 5.41) is 0. The second-order valence-electron chi connectivity index (χ2n) is 7.39. The van der Waals surface area contributed by atoms with Gasteiger partial charge in [-0.05, 0) is 56.9 Å². The third-order valence-electron chi connectivity index (χ3n) is 5.09. The highest BCUT2D eigenvalue weighted by atomic mass is 16.5. The van der Waals surface area contributed by atoms with E-state index >= 15 is 0 Å². The highest BCUT2D eigenvalue weighted by molar-refractivity contribution is 4.95. The van der Waals surface area contributed by atoms with E-state index in [1.807, 2.05) is 0 Å². The molecule has 0 heterocycles. The second kappa shape index (κ2) is 9.81. The lowest BCUT2D eigenvalue weighted by atomic mass is 9.76. The van der Waals surface area contributed by atoms with Crippen LogP contribution in [0.15, 0.2) is 0 Å². The normalized spacial score (nSPS) is 26.7. The van der Waals surface area contributed by atoms with Crippen LogP contribution in [0.1, 0.15) is 66.2 Å². The molecule has 0 aromatic heterocycles. The standard InChI is InChI=1S/C18H38N2O/c1-5-11-20(12-14-21-13-8-16(2)3)18(15-19)9-6-17(4)7-10-18/h16-17H,5-15,19H2,1-4H3. The molecule has 1 aliphatic carbocycles. The molecule has 0 aliphatic heterocycles. The number of nitrogens with zero attached hydrogens (tertiary/aromatic N) is 1. The number of rotatable bonds is 10. The molecule has 1 rings (SSSR count). The Morgan fingerprint density at radius 3 is 2.38 bits per heavy atom. The van der Waals surface area contributed by atoms with Crippen molar-refractivity contribution in [2.45, 2.75) is 71.8 Å². The van der Waals surface area contributed by atoms with Crippen LogP contribution < -0.4 is 5.73 Å². The van der Waals surface area contributed by atoms with Crippen molar-refractivity contribution in [1.29, 1.82) is 0 Å². The molecule has 3 heteroatoms. The lowest BCUT2D eigenvalue weighted by molar-refractivity contribution is 0.0141. The quantitative estimate of drug-likeness (QED) is 0.625. The Morgan fingerprint density at radius 1 is 1.19 bits per heavy atom. The van der Waals surface area contributed by atoms with Crippen molar-refractivity contribution >= 4 is 0 Å². The molecule has 3 nitrogen and oxygen atoms in total. The van der Waals surface area contributed by atoms with E-state index in [9.17, 15) is 0 Å². The van der Waals surface area contributed by atoms with E-state index in [4.69, 9.17) is 10.5 Å². The fourth-order valence-electron chi connectivity index (χ4n) is 3.40. The summed E-state index contributed by atoms with van der Waals surface area (Å²) in [4.78, 5) is 2.63. The van der Waals surface area contributed by atoms with Crippen LogP contribution in [0.2, 0.25) is 0 Å². The predicted molar refractivity (Wildman–Crippen MR) is 91.6 cm³/mol. The zero-order valence-corrected chi connectivity index (χ0v) is 14.9. The van der Waals surface area contributed by atoms with E-state index in [0.29, 0.717) is 0 Å². The maximum Gasteiger partial charge on any atom is 0.0593 e. The van der Waals surface area contributed by atoms with Crippen LogP contribution in [0, 0.1) is 11.8 Å². The number of nitrogens with two attached hydrogens (primary N) is 1. The van der Waals surface area contributed by atoms with Gasteiger partial charge in [0.15, 0.2) is 0 Å². The van der Waals surface area contributed by atoms with Crippen LogP contribution in [0.3, 0.4) is 0 Å². The van der Waals surface area contributed by atoms with Crippen molar-refractivity contribution in [1.82, 2.24) is 4.90 Å². The molecule has 0 aromatic carbocycles. The molecule has 126 valence electrons. The maximum absolute atomic E-state index is 6.20. The van der Waals surface area contributed by atoms with Crippen molar-refractivity contribution < 1.29 is 4.74 Å². The van der Waals surface area contributed by atoms with Crippen LogP contribution in [0.5, 0.6) is 0 Å². The highest BCUT2D eigenvalue weighted by Gasteiger charge is 2.37. The van der Waals surface area contributed by atoms with Crippen molar-refractivity contribution in [3.8, 4) is 0 Å². The molecule has 1 saturated carbocycles. The molecule has 0 saturated heterocycles. The van der Waals surface area contributed by atoms with Crippen molar-refractivity contribution in [3.05, 3.63) is 0 Å². The number of ether oxygens (including phenoxy) is 1. The number of hydrogen-bond donors (Lipinski definition) is 1. The van der Waals surface area contributed by atoms with Crippen molar-refractivity contribution in [2.24, 2.45) is 17.6 Å². The summed E-state index contributed by atoms with van der Waals surface area (Å²) >= 11 is 0. The van der Waals surface area contributed by atoms with Gasteiger partial charge in [0.1, 0.15) is 0 Å². The van der Waals surface area contributed by atoms with E-state index in [0.717, 1.165) is 51.1 Å².